The molecule has 0 aromatic carbocycles. The van der Waals surface area contributed by atoms with Crippen molar-refractivity contribution >= 4 is 17.2 Å². The van der Waals surface area contributed by atoms with Crippen LogP contribution in [0.25, 0.3) is 0 Å². The van der Waals surface area contributed by atoms with Crippen molar-refractivity contribution in [3.8, 4) is 0 Å². The number of aryl methyl sites for hydroxylation is 2. The van der Waals surface area contributed by atoms with E-state index in [1.165, 1.54) is 5.69 Å². The summed E-state index contributed by atoms with van der Waals surface area (Å²) in [6.45, 7) is 5.16. The van der Waals surface area contributed by atoms with E-state index in [1.807, 2.05) is 18.7 Å². The minimum absolute atomic E-state index is 0.439. The van der Waals surface area contributed by atoms with Crippen molar-refractivity contribution in [2.24, 2.45) is 18.7 Å². The lowest BCUT2D eigenvalue weighted by molar-refractivity contribution is 0.198. The summed E-state index contributed by atoms with van der Waals surface area (Å²) in [5.74, 6) is 0.439. The van der Waals surface area contributed by atoms with Gasteiger partial charge >= 0.3 is 0 Å². The normalized spacial score (nSPS) is 18.5. The van der Waals surface area contributed by atoms with Crippen molar-refractivity contribution in [3.05, 3.63) is 17.5 Å². The average molecular weight is 252 g/mol. The molecule has 1 aromatic rings. The predicted molar refractivity (Wildman–Crippen MR) is 72.7 cm³/mol. The average Bonchev–Trinajstić information content (AvgIpc) is 2.58. The largest absolute Gasteiger partial charge is 0.393 e. The van der Waals surface area contributed by atoms with Crippen LogP contribution in [0.1, 0.15) is 24.2 Å². The van der Waals surface area contributed by atoms with Crippen molar-refractivity contribution in [1.82, 2.24) is 14.7 Å². The van der Waals surface area contributed by atoms with E-state index in [0.717, 1.165) is 38.2 Å². The van der Waals surface area contributed by atoms with Crippen molar-refractivity contribution < 1.29 is 0 Å². The van der Waals surface area contributed by atoms with E-state index in [2.05, 4.69) is 16.1 Å². The van der Waals surface area contributed by atoms with Crippen LogP contribution in [0.4, 0.5) is 0 Å². The number of thiocarbonyl (C=S) groups is 1. The molecule has 4 nitrogen and oxygen atoms in total. The maximum atomic E-state index is 5.69. The van der Waals surface area contributed by atoms with Gasteiger partial charge in [-0.15, -0.1) is 0 Å². The lowest BCUT2D eigenvalue weighted by Crippen LogP contribution is -2.37. The summed E-state index contributed by atoms with van der Waals surface area (Å²) in [5, 5.41) is 4.37. The van der Waals surface area contributed by atoms with E-state index in [4.69, 9.17) is 18.0 Å². The van der Waals surface area contributed by atoms with Gasteiger partial charge in [-0.05, 0) is 38.9 Å². The number of rotatable bonds is 3. The molecule has 17 heavy (non-hydrogen) atoms. The van der Waals surface area contributed by atoms with E-state index in [-0.39, 0.29) is 0 Å². The Morgan fingerprint density at radius 1 is 1.53 bits per heavy atom. The van der Waals surface area contributed by atoms with Gasteiger partial charge in [0.05, 0.1) is 16.4 Å². The SMILES string of the molecule is Cc1cc(CN2CCC(C(N)=S)CC2)n(C)n1. The Balaban J connectivity index is 1.90. The molecule has 1 aliphatic rings. The van der Waals surface area contributed by atoms with E-state index in [0.29, 0.717) is 10.9 Å². The second kappa shape index (κ2) is 5.14. The van der Waals surface area contributed by atoms with Gasteiger partial charge in [-0.3, -0.25) is 9.58 Å². The van der Waals surface area contributed by atoms with E-state index >= 15 is 0 Å². The van der Waals surface area contributed by atoms with Gasteiger partial charge in [0.1, 0.15) is 0 Å². The van der Waals surface area contributed by atoms with E-state index in [1.54, 1.807) is 0 Å². The number of nitrogens with zero attached hydrogens (tertiary/aromatic N) is 3. The van der Waals surface area contributed by atoms with Gasteiger partial charge in [0.15, 0.2) is 0 Å². The summed E-state index contributed by atoms with van der Waals surface area (Å²) in [6, 6.07) is 2.15. The van der Waals surface area contributed by atoms with Gasteiger partial charge in [0.2, 0.25) is 0 Å². The molecule has 0 unspecified atom stereocenters. The molecule has 0 bridgehead atoms. The molecule has 1 aromatic heterocycles. The zero-order valence-corrected chi connectivity index (χ0v) is 11.3. The van der Waals surface area contributed by atoms with Crippen LogP contribution in [0.2, 0.25) is 0 Å². The van der Waals surface area contributed by atoms with Gasteiger partial charge < -0.3 is 5.73 Å². The lowest BCUT2D eigenvalue weighted by Gasteiger charge is -2.31. The monoisotopic (exact) mass is 252 g/mol. The third kappa shape index (κ3) is 3.04. The van der Waals surface area contributed by atoms with E-state index < -0.39 is 0 Å². The van der Waals surface area contributed by atoms with Crippen LogP contribution >= 0.6 is 12.2 Å². The molecule has 2 heterocycles. The van der Waals surface area contributed by atoms with Crippen LogP contribution in [0.15, 0.2) is 6.07 Å². The first-order chi connectivity index (χ1) is 8.06. The fraction of sp³-hybridized carbons (Fsp3) is 0.667. The van der Waals surface area contributed by atoms with Crippen LogP contribution in [-0.2, 0) is 13.6 Å². The summed E-state index contributed by atoms with van der Waals surface area (Å²) < 4.78 is 1.97. The molecular weight excluding hydrogens is 232 g/mol. The minimum atomic E-state index is 0.439. The fourth-order valence-electron chi connectivity index (χ4n) is 2.42. The standard InChI is InChI=1S/C12H20N4S/c1-9-7-11(15(2)14-9)8-16-5-3-10(4-6-16)12(13)17/h7,10H,3-6,8H2,1-2H3,(H2,13,17). The van der Waals surface area contributed by atoms with Gasteiger partial charge in [0.25, 0.3) is 0 Å². The quantitative estimate of drug-likeness (QED) is 0.822. The molecule has 0 atom stereocenters. The molecule has 94 valence electrons. The predicted octanol–water partition coefficient (Wildman–Crippen LogP) is 1.23. The Morgan fingerprint density at radius 2 is 2.18 bits per heavy atom. The second-order valence-corrected chi connectivity index (χ2v) is 5.32. The molecule has 0 spiro atoms. The van der Waals surface area contributed by atoms with Crippen LogP contribution < -0.4 is 5.73 Å². The molecule has 1 fully saturated rings. The van der Waals surface area contributed by atoms with Gasteiger partial charge in [0, 0.05) is 19.5 Å². The molecule has 0 amide bonds. The third-order valence-corrected chi connectivity index (χ3v) is 3.81. The van der Waals surface area contributed by atoms with Crippen LogP contribution in [0, 0.1) is 12.8 Å². The number of likely N-dealkylation sites (tertiary alicyclic amines) is 1. The summed E-state index contributed by atoms with van der Waals surface area (Å²) >= 11 is 5.05. The summed E-state index contributed by atoms with van der Waals surface area (Å²) in [5.41, 5.74) is 8.05. The topological polar surface area (TPSA) is 47.1 Å². The first-order valence-electron chi connectivity index (χ1n) is 6.07. The highest BCUT2D eigenvalue weighted by molar-refractivity contribution is 7.80. The number of aromatic nitrogens is 2. The number of nitrogens with two attached hydrogens (primary N) is 1. The maximum Gasteiger partial charge on any atom is 0.0759 e. The molecule has 0 saturated carbocycles. The zero-order chi connectivity index (χ0) is 12.4. The second-order valence-electron chi connectivity index (χ2n) is 4.85. The van der Waals surface area contributed by atoms with Crippen LogP contribution in [0.3, 0.4) is 0 Å². The Hall–Kier alpha value is -0.940. The third-order valence-electron chi connectivity index (χ3n) is 3.47. The van der Waals surface area contributed by atoms with Crippen LogP contribution in [0.5, 0.6) is 0 Å². The molecule has 0 radical (unpaired) electrons. The molecule has 5 heteroatoms. The molecule has 0 aliphatic carbocycles. The Bertz CT molecular complexity index is 405. The van der Waals surface area contributed by atoms with E-state index in [9.17, 15) is 0 Å². The van der Waals surface area contributed by atoms with Gasteiger partial charge in [-0.1, -0.05) is 12.2 Å². The molecular formula is C12H20N4S. The highest BCUT2D eigenvalue weighted by atomic mass is 32.1. The molecule has 2 rings (SSSR count). The summed E-state index contributed by atoms with van der Waals surface area (Å²) in [4.78, 5) is 3.13. The Morgan fingerprint density at radius 3 is 2.65 bits per heavy atom. The number of piperidine rings is 1. The fourth-order valence-corrected chi connectivity index (χ4v) is 2.65. The van der Waals surface area contributed by atoms with Gasteiger partial charge in [-0.25, -0.2) is 0 Å². The van der Waals surface area contributed by atoms with Crippen molar-refractivity contribution in [1.29, 1.82) is 0 Å². The zero-order valence-electron chi connectivity index (χ0n) is 10.5. The lowest BCUT2D eigenvalue weighted by atomic mass is 9.97. The highest BCUT2D eigenvalue weighted by Gasteiger charge is 2.21. The maximum absolute atomic E-state index is 5.69. The molecule has 1 aliphatic heterocycles. The number of hydrogen-bond acceptors (Lipinski definition) is 3. The molecule has 2 N–H and O–H groups in total. The van der Waals surface area contributed by atoms with Crippen LogP contribution in [-0.4, -0.2) is 32.8 Å². The number of hydrogen-bond donors (Lipinski definition) is 1. The summed E-state index contributed by atoms with van der Waals surface area (Å²) in [6.07, 6.45) is 2.18. The minimum Gasteiger partial charge on any atom is -0.393 e. The Kier molecular flexibility index (Phi) is 3.79. The molecule has 1 saturated heterocycles. The van der Waals surface area contributed by atoms with Crippen molar-refractivity contribution in [3.63, 3.8) is 0 Å². The van der Waals surface area contributed by atoms with Crippen molar-refractivity contribution in [2.75, 3.05) is 13.1 Å². The Labute approximate surface area is 108 Å². The van der Waals surface area contributed by atoms with Gasteiger partial charge in [-0.2, -0.15) is 5.10 Å². The highest BCUT2D eigenvalue weighted by Crippen LogP contribution is 2.19. The first kappa shape index (κ1) is 12.5. The first-order valence-corrected chi connectivity index (χ1v) is 6.48. The summed E-state index contributed by atoms with van der Waals surface area (Å²) in [7, 11) is 2.00. The van der Waals surface area contributed by atoms with Crippen molar-refractivity contribution in [2.45, 2.75) is 26.3 Å². The smallest absolute Gasteiger partial charge is 0.0759 e.